The molecule has 0 amide bonds. The van der Waals surface area contributed by atoms with E-state index < -0.39 is 0 Å². The second-order valence-electron chi connectivity index (χ2n) is 3.84. The number of anilines is 1. The van der Waals surface area contributed by atoms with E-state index in [9.17, 15) is 0 Å². The molecule has 2 aromatic heterocycles. The first-order valence-corrected chi connectivity index (χ1v) is 7.45. The fraction of sp³-hybridized carbons (Fsp3) is 0.455. The van der Waals surface area contributed by atoms with Crippen LogP contribution in [0.25, 0.3) is 11.2 Å². The molecule has 6 heteroatoms. The van der Waals surface area contributed by atoms with Gasteiger partial charge in [-0.1, -0.05) is 6.92 Å². The summed E-state index contributed by atoms with van der Waals surface area (Å²) in [6, 6.07) is 2.24. The topological polar surface area (TPSA) is 56.7 Å². The van der Waals surface area contributed by atoms with Crippen LogP contribution in [0.1, 0.15) is 19.9 Å². The molecule has 1 atom stereocenters. The Hall–Kier alpha value is -0.750. The van der Waals surface area contributed by atoms with E-state index in [-0.39, 0.29) is 0 Å². The summed E-state index contributed by atoms with van der Waals surface area (Å²) in [5, 5.41) is 0. The molecular weight excluding hydrogens is 300 g/mol. The third-order valence-electron chi connectivity index (χ3n) is 2.53. The first kappa shape index (κ1) is 12.7. The summed E-state index contributed by atoms with van der Waals surface area (Å²) in [5.41, 5.74) is 7.66. The van der Waals surface area contributed by atoms with Gasteiger partial charge in [-0.25, -0.2) is 9.97 Å². The molecule has 2 aromatic rings. The maximum absolute atomic E-state index is 5.96. The number of rotatable bonds is 4. The van der Waals surface area contributed by atoms with Gasteiger partial charge < -0.3 is 5.73 Å². The van der Waals surface area contributed by atoms with Crippen LogP contribution in [-0.4, -0.2) is 26.0 Å². The number of aromatic nitrogens is 3. The fourth-order valence-electron chi connectivity index (χ4n) is 1.77. The van der Waals surface area contributed by atoms with E-state index in [4.69, 9.17) is 5.73 Å². The molecule has 0 aliphatic carbocycles. The van der Waals surface area contributed by atoms with Crippen LogP contribution in [0.5, 0.6) is 0 Å². The fourth-order valence-corrected chi connectivity index (χ4v) is 2.82. The maximum atomic E-state index is 5.96. The largest absolute Gasteiger partial charge is 0.369 e. The standard InChI is InChI=1S/C11H15BrN4S/c1-3-17-6-7(2)16-10-9(15-11(16)13)4-8(12)5-14-10/h4-5,7H,3,6H2,1-2H3,(H2,13,15). The van der Waals surface area contributed by atoms with Crippen molar-refractivity contribution in [2.45, 2.75) is 19.9 Å². The Morgan fingerprint density at radius 3 is 3.06 bits per heavy atom. The molecule has 2 N–H and O–H groups in total. The van der Waals surface area contributed by atoms with Crippen molar-refractivity contribution < 1.29 is 0 Å². The summed E-state index contributed by atoms with van der Waals surface area (Å²) in [6.07, 6.45) is 1.78. The van der Waals surface area contributed by atoms with Gasteiger partial charge in [-0.15, -0.1) is 0 Å². The van der Waals surface area contributed by atoms with Crippen molar-refractivity contribution in [3.8, 4) is 0 Å². The smallest absolute Gasteiger partial charge is 0.202 e. The summed E-state index contributed by atoms with van der Waals surface area (Å²) in [6.45, 7) is 4.30. The Morgan fingerprint density at radius 1 is 1.59 bits per heavy atom. The number of hydrogen-bond acceptors (Lipinski definition) is 4. The van der Waals surface area contributed by atoms with E-state index in [1.807, 2.05) is 22.4 Å². The van der Waals surface area contributed by atoms with Crippen molar-refractivity contribution in [1.29, 1.82) is 0 Å². The number of thioether (sulfide) groups is 1. The van der Waals surface area contributed by atoms with Crippen LogP contribution >= 0.6 is 27.7 Å². The number of halogens is 1. The summed E-state index contributed by atoms with van der Waals surface area (Å²) >= 11 is 5.28. The predicted octanol–water partition coefficient (Wildman–Crippen LogP) is 3.09. The highest BCUT2D eigenvalue weighted by Crippen LogP contribution is 2.25. The quantitative estimate of drug-likeness (QED) is 0.942. The van der Waals surface area contributed by atoms with Gasteiger partial charge in [0.15, 0.2) is 5.65 Å². The zero-order valence-corrected chi connectivity index (χ0v) is 12.3. The molecule has 0 fully saturated rings. The van der Waals surface area contributed by atoms with E-state index in [2.05, 4.69) is 39.7 Å². The summed E-state index contributed by atoms with van der Waals surface area (Å²) < 4.78 is 2.93. The molecule has 0 saturated heterocycles. The molecule has 4 nitrogen and oxygen atoms in total. The maximum Gasteiger partial charge on any atom is 0.202 e. The van der Waals surface area contributed by atoms with Gasteiger partial charge in [0.1, 0.15) is 5.52 Å². The molecule has 0 aliphatic heterocycles. The number of pyridine rings is 1. The van der Waals surface area contributed by atoms with Crippen LogP contribution in [-0.2, 0) is 0 Å². The Balaban J connectivity index is 2.42. The highest BCUT2D eigenvalue weighted by atomic mass is 79.9. The summed E-state index contributed by atoms with van der Waals surface area (Å²) in [7, 11) is 0. The molecule has 1 unspecified atom stereocenters. The lowest BCUT2D eigenvalue weighted by Gasteiger charge is -2.14. The Kier molecular flexibility index (Phi) is 3.93. The molecule has 0 aromatic carbocycles. The van der Waals surface area contributed by atoms with Crippen LogP contribution in [0.4, 0.5) is 5.95 Å². The molecule has 17 heavy (non-hydrogen) atoms. The van der Waals surface area contributed by atoms with Crippen LogP contribution in [0.15, 0.2) is 16.7 Å². The lowest BCUT2D eigenvalue weighted by molar-refractivity contribution is 0.632. The molecule has 0 saturated carbocycles. The Morgan fingerprint density at radius 2 is 2.35 bits per heavy atom. The van der Waals surface area contributed by atoms with Crippen molar-refractivity contribution in [2.75, 3.05) is 17.2 Å². The Bertz CT molecular complexity index is 525. The van der Waals surface area contributed by atoms with E-state index in [0.29, 0.717) is 12.0 Å². The molecule has 2 rings (SSSR count). The van der Waals surface area contributed by atoms with Gasteiger partial charge >= 0.3 is 0 Å². The van der Waals surface area contributed by atoms with Crippen molar-refractivity contribution in [3.05, 3.63) is 16.7 Å². The zero-order valence-electron chi connectivity index (χ0n) is 9.85. The lowest BCUT2D eigenvalue weighted by atomic mass is 10.3. The lowest BCUT2D eigenvalue weighted by Crippen LogP contribution is -2.11. The second-order valence-corrected chi connectivity index (χ2v) is 6.08. The molecule has 0 spiro atoms. The average Bonchev–Trinajstić information content (AvgIpc) is 2.61. The molecule has 92 valence electrons. The molecular formula is C11H15BrN4S. The molecule has 0 bridgehead atoms. The number of nitrogens with two attached hydrogens (primary N) is 1. The van der Waals surface area contributed by atoms with Gasteiger partial charge in [0.2, 0.25) is 5.95 Å². The monoisotopic (exact) mass is 314 g/mol. The molecule has 0 aliphatic rings. The van der Waals surface area contributed by atoms with Gasteiger partial charge in [0.25, 0.3) is 0 Å². The minimum absolute atomic E-state index is 0.304. The zero-order chi connectivity index (χ0) is 12.4. The number of fused-ring (bicyclic) bond motifs is 1. The molecule has 2 heterocycles. The van der Waals surface area contributed by atoms with Gasteiger partial charge in [0, 0.05) is 22.5 Å². The predicted molar refractivity (Wildman–Crippen MR) is 77.4 cm³/mol. The van der Waals surface area contributed by atoms with Crippen LogP contribution < -0.4 is 5.73 Å². The van der Waals surface area contributed by atoms with E-state index in [1.165, 1.54) is 0 Å². The highest BCUT2D eigenvalue weighted by Gasteiger charge is 2.14. The van der Waals surface area contributed by atoms with Crippen LogP contribution in [0.2, 0.25) is 0 Å². The van der Waals surface area contributed by atoms with E-state index >= 15 is 0 Å². The second kappa shape index (κ2) is 5.27. The molecule has 0 radical (unpaired) electrons. The highest BCUT2D eigenvalue weighted by molar-refractivity contribution is 9.10. The van der Waals surface area contributed by atoms with Gasteiger partial charge in [-0.2, -0.15) is 11.8 Å². The normalized spacial score (nSPS) is 13.1. The number of imidazole rings is 1. The minimum Gasteiger partial charge on any atom is -0.369 e. The number of nitrogens with zero attached hydrogens (tertiary/aromatic N) is 3. The van der Waals surface area contributed by atoms with E-state index in [1.54, 1.807) is 6.20 Å². The average molecular weight is 315 g/mol. The first-order chi connectivity index (χ1) is 8.13. The third-order valence-corrected chi connectivity index (χ3v) is 4.09. The van der Waals surface area contributed by atoms with Crippen LogP contribution in [0.3, 0.4) is 0 Å². The number of hydrogen-bond donors (Lipinski definition) is 1. The van der Waals surface area contributed by atoms with Gasteiger partial charge in [-0.05, 0) is 34.7 Å². The van der Waals surface area contributed by atoms with Crippen molar-refractivity contribution >= 4 is 44.8 Å². The van der Waals surface area contributed by atoms with Crippen molar-refractivity contribution in [2.24, 2.45) is 0 Å². The number of nitrogen functional groups attached to an aromatic ring is 1. The van der Waals surface area contributed by atoms with Crippen molar-refractivity contribution in [1.82, 2.24) is 14.5 Å². The van der Waals surface area contributed by atoms with Gasteiger partial charge in [0.05, 0.1) is 0 Å². The SMILES string of the molecule is CCSCC(C)n1c(N)nc2cc(Br)cnc21. The summed E-state index contributed by atoms with van der Waals surface area (Å²) in [5.74, 6) is 2.66. The van der Waals surface area contributed by atoms with Gasteiger partial charge in [-0.3, -0.25) is 4.57 Å². The third kappa shape index (κ3) is 2.57. The van der Waals surface area contributed by atoms with Crippen LogP contribution in [0, 0.1) is 0 Å². The summed E-state index contributed by atoms with van der Waals surface area (Å²) in [4.78, 5) is 8.74. The van der Waals surface area contributed by atoms with Crippen molar-refractivity contribution in [3.63, 3.8) is 0 Å². The Labute approximate surface area is 113 Å². The first-order valence-electron chi connectivity index (χ1n) is 5.50. The van der Waals surface area contributed by atoms with E-state index in [0.717, 1.165) is 27.1 Å². The minimum atomic E-state index is 0.304.